The fourth-order valence-electron chi connectivity index (χ4n) is 2.90. The van der Waals surface area contributed by atoms with Crippen molar-refractivity contribution in [1.29, 1.82) is 0 Å². The van der Waals surface area contributed by atoms with Crippen LogP contribution in [0.25, 0.3) is 11.0 Å². The molecule has 1 amide bonds. The first-order valence-corrected chi connectivity index (χ1v) is 9.13. The van der Waals surface area contributed by atoms with Crippen LogP contribution in [0.2, 0.25) is 0 Å². The van der Waals surface area contributed by atoms with Gasteiger partial charge in [0.2, 0.25) is 5.91 Å². The molecule has 0 saturated heterocycles. The monoisotopic (exact) mass is 434 g/mol. The molecule has 0 aliphatic heterocycles. The van der Waals surface area contributed by atoms with Gasteiger partial charge in [0.15, 0.2) is 5.78 Å². The molecule has 0 saturated carbocycles. The largest absolute Gasteiger partial charge is 0.433 e. The number of alkyl halides is 3. The second-order valence-corrected chi connectivity index (χ2v) is 6.70. The summed E-state index contributed by atoms with van der Waals surface area (Å²) in [6, 6.07) is 7.45. The summed E-state index contributed by atoms with van der Waals surface area (Å²) in [7, 11) is 1.17. The van der Waals surface area contributed by atoms with Gasteiger partial charge in [-0.05, 0) is 36.4 Å². The fraction of sp³-hybridized carbons (Fsp3) is 0.250. The normalized spacial score (nSPS) is 11.5. The quantitative estimate of drug-likeness (QED) is 0.621. The summed E-state index contributed by atoms with van der Waals surface area (Å²) in [6.07, 6.45) is -4.45. The van der Waals surface area contributed by atoms with Gasteiger partial charge in [-0.15, -0.1) is 0 Å². The first-order chi connectivity index (χ1) is 14.5. The third-order valence-corrected chi connectivity index (χ3v) is 4.59. The molecule has 0 unspecified atom stereocenters. The number of Topliss-reactive ketones (excluding diaryl/α,β-unsaturated/α-hetero) is 1. The van der Waals surface area contributed by atoms with Crippen LogP contribution in [0.5, 0.6) is 0 Å². The van der Waals surface area contributed by atoms with Gasteiger partial charge < -0.3 is 5.32 Å². The Labute approximate surface area is 172 Å². The number of hydrogen-bond acceptors (Lipinski definition) is 5. The molecule has 2 aromatic heterocycles. The summed E-state index contributed by atoms with van der Waals surface area (Å²) in [5, 5.41) is 2.40. The number of pyridine rings is 1. The van der Waals surface area contributed by atoms with Crippen LogP contribution < -0.4 is 16.6 Å². The number of carbonyl (C=O) groups is 2. The Morgan fingerprint density at radius 1 is 1.06 bits per heavy atom. The average molecular weight is 434 g/mol. The molecule has 0 spiro atoms. The van der Waals surface area contributed by atoms with Crippen molar-refractivity contribution in [1.82, 2.24) is 14.1 Å². The van der Waals surface area contributed by atoms with Crippen LogP contribution in [0.15, 0.2) is 46.0 Å². The van der Waals surface area contributed by atoms with E-state index in [9.17, 15) is 32.3 Å². The third-order valence-electron chi connectivity index (χ3n) is 4.59. The molecule has 1 aromatic carbocycles. The van der Waals surface area contributed by atoms with Crippen LogP contribution in [-0.4, -0.2) is 25.8 Å². The lowest BCUT2D eigenvalue weighted by Crippen LogP contribution is -2.41. The Hall–Kier alpha value is -3.76. The van der Waals surface area contributed by atoms with Gasteiger partial charge in [0.1, 0.15) is 11.3 Å². The van der Waals surface area contributed by atoms with Crippen molar-refractivity contribution >= 4 is 28.4 Å². The van der Waals surface area contributed by atoms with Gasteiger partial charge in [-0.25, -0.2) is 9.78 Å². The maximum Gasteiger partial charge on any atom is 0.433 e. The molecule has 3 rings (SSSR count). The number of halogens is 3. The molecule has 0 atom stereocenters. The predicted molar refractivity (Wildman–Crippen MR) is 106 cm³/mol. The molecule has 0 bridgehead atoms. The van der Waals surface area contributed by atoms with E-state index < -0.39 is 41.1 Å². The summed E-state index contributed by atoms with van der Waals surface area (Å²) in [4.78, 5) is 52.6. The number of aromatic nitrogens is 3. The van der Waals surface area contributed by atoms with E-state index in [4.69, 9.17) is 0 Å². The Balaban J connectivity index is 1.96. The highest BCUT2D eigenvalue weighted by Crippen LogP contribution is 2.28. The number of nitrogens with zero attached hydrogens (tertiary/aromatic N) is 3. The molecule has 2 heterocycles. The van der Waals surface area contributed by atoms with E-state index in [1.54, 1.807) is 6.92 Å². The molecular formula is C20H17F3N4O4. The summed E-state index contributed by atoms with van der Waals surface area (Å²) in [6.45, 7) is 1.08. The lowest BCUT2D eigenvalue weighted by Gasteiger charge is -2.12. The van der Waals surface area contributed by atoms with Gasteiger partial charge in [0.05, 0.1) is 11.9 Å². The van der Waals surface area contributed by atoms with Crippen LogP contribution in [0.1, 0.15) is 29.4 Å². The Bertz CT molecular complexity index is 1290. The molecule has 0 aliphatic rings. The summed E-state index contributed by atoms with van der Waals surface area (Å²) in [5.41, 5.74) is -2.88. The smallest absolute Gasteiger partial charge is 0.326 e. The minimum Gasteiger partial charge on any atom is -0.326 e. The first kappa shape index (κ1) is 21.9. The molecular weight excluding hydrogens is 417 g/mol. The van der Waals surface area contributed by atoms with E-state index in [-0.39, 0.29) is 23.3 Å². The Morgan fingerprint density at radius 2 is 1.71 bits per heavy atom. The fourth-order valence-corrected chi connectivity index (χ4v) is 2.90. The number of rotatable bonds is 5. The predicted octanol–water partition coefficient (Wildman–Crippen LogP) is 2.35. The van der Waals surface area contributed by atoms with Crippen molar-refractivity contribution in [2.45, 2.75) is 26.1 Å². The van der Waals surface area contributed by atoms with Gasteiger partial charge in [0.25, 0.3) is 5.56 Å². The van der Waals surface area contributed by atoms with Crippen molar-refractivity contribution in [2.75, 3.05) is 5.32 Å². The van der Waals surface area contributed by atoms with Gasteiger partial charge in [-0.1, -0.05) is 6.92 Å². The number of hydrogen-bond donors (Lipinski definition) is 1. The van der Waals surface area contributed by atoms with E-state index >= 15 is 0 Å². The molecule has 0 fully saturated rings. The standard InChI is InChI=1S/C20H17F3N4O4/c1-3-16(29)24-12-6-4-11(5-7-12)14(28)10-27-18(30)13-8-9-15(20(21,22)23)25-17(13)26(2)19(27)31/h4-9H,3,10H2,1-2H3,(H,24,29). The van der Waals surface area contributed by atoms with Crippen LogP contribution in [0.4, 0.5) is 18.9 Å². The third kappa shape index (κ3) is 4.39. The van der Waals surface area contributed by atoms with Crippen molar-refractivity contribution < 1.29 is 22.8 Å². The van der Waals surface area contributed by atoms with Crippen molar-refractivity contribution in [3.8, 4) is 0 Å². The van der Waals surface area contributed by atoms with E-state index in [2.05, 4.69) is 10.3 Å². The minimum atomic E-state index is -4.74. The van der Waals surface area contributed by atoms with Crippen molar-refractivity contribution in [2.24, 2.45) is 7.05 Å². The zero-order valence-corrected chi connectivity index (χ0v) is 16.5. The number of carbonyl (C=O) groups excluding carboxylic acids is 2. The topological polar surface area (TPSA) is 103 Å². The highest BCUT2D eigenvalue weighted by atomic mass is 19.4. The number of aryl methyl sites for hydroxylation is 1. The lowest BCUT2D eigenvalue weighted by atomic mass is 10.1. The molecule has 0 aliphatic carbocycles. The van der Waals surface area contributed by atoms with Crippen LogP contribution in [0, 0.1) is 0 Å². The average Bonchev–Trinajstić information content (AvgIpc) is 2.74. The second-order valence-electron chi connectivity index (χ2n) is 6.70. The zero-order chi connectivity index (χ0) is 22.9. The van der Waals surface area contributed by atoms with E-state index in [0.717, 1.165) is 10.6 Å². The second kappa shape index (κ2) is 8.17. The molecule has 8 nitrogen and oxygen atoms in total. The molecule has 11 heteroatoms. The van der Waals surface area contributed by atoms with Crippen molar-refractivity contribution in [3.05, 3.63) is 68.5 Å². The number of nitrogens with one attached hydrogen (secondary N) is 1. The van der Waals surface area contributed by atoms with Crippen LogP contribution >= 0.6 is 0 Å². The number of fused-ring (bicyclic) bond motifs is 1. The molecule has 3 aromatic rings. The highest BCUT2D eigenvalue weighted by molar-refractivity contribution is 5.97. The van der Waals surface area contributed by atoms with Crippen LogP contribution in [0.3, 0.4) is 0 Å². The highest BCUT2D eigenvalue weighted by Gasteiger charge is 2.33. The SMILES string of the molecule is CCC(=O)Nc1ccc(C(=O)Cn2c(=O)c3ccc(C(F)(F)F)nc3n(C)c2=O)cc1. The van der Waals surface area contributed by atoms with Gasteiger partial charge >= 0.3 is 11.9 Å². The maximum atomic E-state index is 12.9. The lowest BCUT2D eigenvalue weighted by molar-refractivity contribution is -0.141. The van der Waals surface area contributed by atoms with E-state index in [1.165, 1.54) is 31.3 Å². The van der Waals surface area contributed by atoms with Gasteiger partial charge in [-0.3, -0.25) is 23.5 Å². The first-order valence-electron chi connectivity index (χ1n) is 9.13. The minimum absolute atomic E-state index is 0.189. The Kier molecular flexibility index (Phi) is 5.78. The molecule has 162 valence electrons. The van der Waals surface area contributed by atoms with Crippen LogP contribution in [-0.2, 0) is 24.6 Å². The molecule has 31 heavy (non-hydrogen) atoms. The van der Waals surface area contributed by atoms with Gasteiger partial charge in [0, 0.05) is 24.7 Å². The van der Waals surface area contributed by atoms with E-state index in [1.807, 2.05) is 0 Å². The van der Waals surface area contributed by atoms with Crippen molar-refractivity contribution in [3.63, 3.8) is 0 Å². The summed E-state index contributed by atoms with van der Waals surface area (Å²) < 4.78 is 40.2. The summed E-state index contributed by atoms with van der Waals surface area (Å²) in [5.74, 6) is -0.764. The number of amides is 1. The number of benzene rings is 1. The Morgan fingerprint density at radius 3 is 2.29 bits per heavy atom. The van der Waals surface area contributed by atoms with E-state index in [0.29, 0.717) is 16.3 Å². The molecule has 1 N–H and O–H groups in total. The zero-order valence-electron chi connectivity index (χ0n) is 16.5. The number of ketones is 1. The summed E-state index contributed by atoms with van der Waals surface area (Å²) >= 11 is 0. The maximum absolute atomic E-state index is 12.9. The number of anilines is 1. The van der Waals surface area contributed by atoms with Gasteiger partial charge in [-0.2, -0.15) is 13.2 Å². The molecule has 0 radical (unpaired) electrons.